The lowest BCUT2D eigenvalue weighted by molar-refractivity contribution is -0.000626. The molecule has 112 valence electrons. The van der Waals surface area contributed by atoms with E-state index in [1.54, 1.807) is 0 Å². The van der Waals surface area contributed by atoms with Gasteiger partial charge in [-0.3, -0.25) is 4.90 Å². The van der Waals surface area contributed by atoms with Crippen molar-refractivity contribution >= 4 is 27.3 Å². The third-order valence-corrected chi connectivity index (χ3v) is 7.02. The Morgan fingerprint density at radius 3 is 2.75 bits per heavy atom. The lowest BCUT2D eigenvalue weighted by Crippen LogP contribution is -2.68. The second kappa shape index (κ2) is 5.38. The summed E-state index contributed by atoms with van der Waals surface area (Å²) in [5.41, 5.74) is 0.605. The summed E-state index contributed by atoms with van der Waals surface area (Å²) in [6.07, 6.45) is 4.01. The zero-order chi connectivity index (χ0) is 14.4. The molecule has 1 saturated carbocycles. The van der Waals surface area contributed by atoms with Crippen LogP contribution in [0.15, 0.2) is 15.9 Å². The van der Waals surface area contributed by atoms with Crippen LogP contribution in [0.2, 0.25) is 0 Å². The topological polar surface area (TPSA) is 15.3 Å². The second-order valence-corrected chi connectivity index (χ2v) is 8.90. The molecular weight excluding hydrogens is 332 g/mol. The molecule has 2 aliphatic rings. The van der Waals surface area contributed by atoms with E-state index in [9.17, 15) is 0 Å². The van der Waals surface area contributed by atoms with Gasteiger partial charge in [0.25, 0.3) is 0 Å². The van der Waals surface area contributed by atoms with Gasteiger partial charge >= 0.3 is 0 Å². The van der Waals surface area contributed by atoms with Gasteiger partial charge in [-0.15, -0.1) is 11.3 Å². The van der Waals surface area contributed by atoms with Crippen LogP contribution in [0.5, 0.6) is 0 Å². The fourth-order valence-corrected chi connectivity index (χ4v) is 4.83. The van der Waals surface area contributed by atoms with E-state index < -0.39 is 0 Å². The number of nitrogens with one attached hydrogen (secondary N) is 1. The Hall–Kier alpha value is 0.1000. The normalized spacial score (nSPS) is 35.4. The van der Waals surface area contributed by atoms with Crippen molar-refractivity contribution in [2.75, 3.05) is 13.1 Å². The SMILES string of the molecule is CCC1(C)CN(Cc2cc(Br)cs2)C(C)(C2CC2)CN1. The summed E-state index contributed by atoms with van der Waals surface area (Å²) in [4.78, 5) is 4.23. The molecule has 0 radical (unpaired) electrons. The van der Waals surface area contributed by atoms with Crippen molar-refractivity contribution in [1.82, 2.24) is 10.2 Å². The minimum atomic E-state index is 0.267. The number of rotatable bonds is 4. The first-order chi connectivity index (χ1) is 9.45. The van der Waals surface area contributed by atoms with E-state index in [1.165, 1.54) is 28.6 Å². The number of hydrogen-bond acceptors (Lipinski definition) is 3. The Balaban J connectivity index is 1.81. The van der Waals surface area contributed by atoms with Crippen molar-refractivity contribution in [3.8, 4) is 0 Å². The van der Waals surface area contributed by atoms with E-state index in [4.69, 9.17) is 0 Å². The lowest BCUT2D eigenvalue weighted by atomic mass is 9.84. The van der Waals surface area contributed by atoms with Gasteiger partial charge in [-0.1, -0.05) is 6.92 Å². The highest BCUT2D eigenvalue weighted by atomic mass is 79.9. The highest BCUT2D eigenvalue weighted by molar-refractivity contribution is 9.10. The minimum Gasteiger partial charge on any atom is -0.308 e. The van der Waals surface area contributed by atoms with Gasteiger partial charge in [-0.2, -0.15) is 0 Å². The fraction of sp³-hybridized carbons (Fsp3) is 0.750. The van der Waals surface area contributed by atoms with E-state index >= 15 is 0 Å². The molecule has 2 fully saturated rings. The lowest BCUT2D eigenvalue weighted by Gasteiger charge is -2.52. The number of hydrogen-bond donors (Lipinski definition) is 1. The smallest absolute Gasteiger partial charge is 0.0338 e. The van der Waals surface area contributed by atoms with E-state index in [0.717, 1.165) is 25.6 Å². The predicted molar refractivity (Wildman–Crippen MR) is 90.3 cm³/mol. The van der Waals surface area contributed by atoms with Crippen molar-refractivity contribution in [3.63, 3.8) is 0 Å². The minimum absolute atomic E-state index is 0.267. The maximum absolute atomic E-state index is 3.83. The van der Waals surface area contributed by atoms with Crippen LogP contribution in [-0.2, 0) is 6.54 Å². The van der Waals surface area contributed by atoms with Gasteiger partial charge in [-0.05, 0) is 61.0 Å². The van der Waals surface area contributed by atoms with Gasteiger partial charge in [0, 0.05) is 45.4 Å². The molecule has 0 bridgehead atoms. The monoisotopic (exact) mass is 356 g/mol. The summed E-state index contributed by atoms with van der Waals surface area (Å²) < 4.78 is 1.22. The maximum Gasteiger partial charge on any atom is 0.0338 e. The van der Waals surface area contributed by atoms with Crippen molar-refractivity contribution in [2.45, 2.75) is 57.7 Å². The predicted octanol–water partition coefficient (Wildman–Crippen LogP) is 4.25. The molecule has 1 aromatic rings. The summed E-state index contributed by atoms with van der Waals surface area (Å²) >= 11 is 5.46. The van der Waals surface area contributed by atoms with Gasteiger partial charge in [0.1, 0.15) is 0 Å². The molecule has 1 saturated heterocycles. The van der Waals surface area contributed by atoms with Crippen molar-refractivity contribution in [1.29, 1.82) is 0 Å². The Kier molecular flexibility index (Phi) is 4.04. The summed E-state index contributed by atoms with van der Waals surface area (Å²) in [5.74, 6) is 0.889. The zero-order valence-electron chi connectivity index (χ0n) is 12.7. The van der Waals surface area contributed by atoms with E-state index in [-0.39, 0.29) is 5.54 Å². The molecule has 3 rings (SSSR count). The van der Waals surface area contributed by atoms with Crippen LogP contribution in [0.3, 0.4) is 0 Å². The summed E-state index contributed by atoms with van der Waals surface area (Å²) in [5, 5.41) is 6.03. The highest BCUT2D eigenvalue weighted by Crippen LogP contribution is 2.45. The molecular formula is C16H25BrN2S. The molecule has 1 aliphatic heterocycles. The fourth-order valence-electron chi connectivity index (χ4n) is 3.37. The van der Waals surface area contributed by atoms with Crippen molar-refractivity contribution in [3.05, 3.63) is 20.8 Å². The summed E-state index contributed by atoms with van der Waals surface area (Å²) in [6.45, 7) is 10.5. The molecule has 2 nitrogen and oxygen atoms in total. The van der Waals surface area contributed by atoms with Crippen LogP contribution in [-0.4, -0.2) is 29.1 Å². The zero-order valence-corrected chi connectivity index (χ0v) is 15.1. The Bertz CT molecular complexity index is 485. The number of thiophene rings is 1. The molecule has 0 spiro atoms. The molecule has 2 atom stereocenters. The largest absolute Gasteiger partial charge is 0.308 e. The molecule has 20 heavy (non-hydrogen) atoms. The molecule has 4 heteroatoms. The average molecular weight is 357 g/mol. The van der Waals surface area contributed by atoms with Gasteiger partial charge in [0.15, 0.2) is 0 Å². The van der Waals surface area contributed by atoms with Crippen molar-refractivity contribution < 1.29 is 0 Å². The van der Waals surface area contributed by atoms with Gasteiger partial charge in [0.2, 0.25) is 0 Å². The first-order valence-corrected chi connectivity index (χ1v) is 9.35. The van der Waals surface area contributed by atoms with Crippen molar-refractivity contribution in [2.24, 2.45) is 5.92 Å². The molecule has 1 aliphatic carbocycles. The number of nitrogens with zero attached hydrogens (tertiary/aromatic N) is 1. The first kappa shape index (κ1) is 15.0. The molecule has 2 unspecified atom stereocenters. The van der Waals surface area contributed by atoms with Crippen LogP contribution in [0, 0.1) is 5.92 Å². The molecule has 0 aromatic carbocycles. The second-order valence-electron chi connectivity index (χ2n) is 6.99. The Morgan fingerprint density at radius 1 is 1.45 bits per heavy atom. The molecule has 0 amide bonds. The van der Waals surface area contributed by atoms with E-state index in [2.05, 4.69) is 58.4 Å². The number of halogens is 1. The quantitative estimate of drug-likeness (QED) is 0.867. The Labute approximate surface area is 135 Å². The first-order valence-electron chi connectivity index (χ1n) is 7.68. The van der Waals surface area contributed by atoms with Crippen LogP contribution in [0.4, 0.5) is 0 Å². The van der Waals surface area contributed by atoms with Gasteiger partial charge < -0.3 is 5.32 Å². The van der Waals surface area contributed by atoms with E-state index in [0.29, 0.717) is 5.54 Å². The highest BCUT2D eigenvalue weighted by Gasteiger charge is 2.50. The number of piperazine rings is 1. The third-order valence-electron chi connectivity index (χ3n) is 5.34. The van der Waals surface area contributed by atoms with Crippen LogP contribution in [0.1, 0.15) is 44.9 Å². The Morgan fingerprint density at radius 2 is 2.20 bits per heavy atom. The molecule has 1 aromatic heterocycles. The van der Waals surface area contributed by atoms with Gasteiger partial charge in [-0.25, -0.2) is 0 Å². The summed E-state index contributed by atoms with van der Waals surface area (Å²) in [6, 6.07) is 2.28. The van der Waals surface area contributed by atoms with E-state index in [1.807, 2.05) is 11.3 Å². The van der Waals surface area contributed by atoms with Crippen LogP contribution >= 0.6 is 27.3 Å². The summed E-state index contributed by atoms with van der Waals surface area (Å²) in [7, 11) is 0. The maximum atomic E-state index is 3.83. The molecule has 1 N–H and O–H groups in total. The third kappa shape index (κ3) is 2.85. The standard InChI is InChI=1S/C16H25BrN2S/c1-4-15(2)11-19(8-14-7-13(17)9-20-14)16(3,10-18-15)12-5-6-12/h7,9,12,18H,4-6,8,10-11H2,1-3H3. The van der Waals surface area contributed by atoms with Gasteiger partial charge in [0.05, 0.1) is 0 Å². The van der Waals surface area contributed by atoms with Crippen LogP contribution in [0.25, 0.3) is 0 Å². The molecule has 2 heterocycles. The van der Waals surface area contributed by atoms with Crippen LogP contribution < -0.4 is 5.32 Å². The average Bonchev–Trinajstić information content (AvgIpc) is 3.20.